The number of nitrogens with one attached hydrogen (secondary N) is 1. The van der Waals surface area contributed by atoms with Gasteiger partial charge in [0.25, 0.3) is 0 Å². The Morgan fingerprint density at radius 2 is 1.86 bits per heavy atom. The first-order chi connectivity index (χ1) is 13.7. The van der Waals surface area contributed by atoms with Crippen LogP contribution >= 0.6 is 0 Å². The largest absolute Gasteiger partial charge is 0.493 e. The summed E-state index contributed by atoms with van der Waals surface area (Å²) in [4.78, 5) is 39.4. The van der Waals surface area contributed by atoms with Gasteiger partial charge in [-0.25, -0.2) is 0 Å². The Morgan fingerprint density at radius 3 is 2.52 bits per heavy atom. The SMILES string of the molecule is COc1ccc(CCNC(=O)CN2C(=O)C3CCC(C)(C2=O)C3(C)C)cc1OC. The number of piperidine rings is 1. The Hall–Kier alpha value is -2.57. The van der Waals surface area contributed by atoms with Gasteiger partial charge in [0.15, 0.2) is 11.5 Å². The van der Waals surface area contributed by atoms with Crippen LogP contribution in [0.4, 0.5) is 0 Å². The number of hydrogen-bond acceptors (Lipinski definition) is 5. The van der Waals surface area contributed by atoms with Gasteiger partial charge >= 0.3 is 0 Å². The summed E-state index contributed by atoms with van der Waals surface area (Å²) in [7, 11) is 3.15. The summed E-state index contributed by atoms with van der Waals surface area (Å²) < 4.78 is 10.5. The lowest BCUT2D eigenvalue weighted by Gasteiger charge is -2.47. The van der Waals surface area contributed by atoms with Gasteiger partial charge < -0.3 is 14.8 Å². The minimum absolute atomic E-state index is 0.204. The van der Waals surface area contributed by atoms with Gasteiger partial charge in [0.2, 0.25) is 17.7 Å². The molecule has 7 nitrogen and oxygen atoms in total. The Bertz CT molecular complexity index is 834. The Kier molecular flexibility index (Phi) is 5.61. The lowest BCUT2D eigenvalue weighted by molar-refractivity contribution is -0.169. The van der Waals surface area contributed by atoms with E-state index in [9.17, 15) is 14.4 Å². The van der Waals surface area contributed by atoms with E-state index in [-0.39, 0.29) is 35.6 Å². The Labute approximate surface area is 171 Å². The zero-order valence-electron chi connectivity index (χ0n) is 17.8. The summed E-state index contributed by atoms with van der Waals surface area (Å²) in [6, 6.07) is 5.59. The molecule has 0 aromatic heterocycles. The minimum Gasteiger partial charge on any atom is -0.493 e. The van der Waals surface area contributed by atoms with Crippen molar-refractivity contribution in [3.05, 3.63) is 23.8 Å². The van der Waals surface area contributed by atoms with Gasteiger partial charge in [-0.15, -0.1) is 0 Å². The molecular formula is C22H30N2O5. The summed E-state index contributed by atoms with van der Waals surface area (Å²) in [6.07, 6.45) is 1.99. The molecule has 1 saturated heterocycles. The van der Waals surface area contributed by atoms with E-state index >= 15 is 0 Å². The predicted molar refractivity (Wildman–Crippen MR) is 108 cm³/mol. The van der Waals surface area contributed by atoms with Crippen LogP contribution in [0.1, 0.15) is 39.2 Å². The summed E-state index contributed by atoms with van der Waals surface area (Å²) in [5.74, 6) is 0.307. The molecule has 2 fully saturated rings. The number of fused-ring (bicyclic) bond motifs is 2. The minimum atomic E-state index is -0.592. The second-order valence-electron chi connectivity index (χ2n) is 8.66. The molecular weight excluding hydrogens is 372 g/mol. The molecule has 0 spiro atoms. The third-order valence-electron chi connectivity index (χ3n) is 6.99. The number of nitrogens with zero attached hydrogens (tertiary/aromatic N) is 1. The van der Waals surface area contributed by atoms with Crippen molar-refractivity contribution < 1.29 is 23.9 Å². The summed E-state index contributed by atoms with van der Waals surface area (Å²) >= 11 is 0. The van der Waals surface area contributed by atoms with E-state index in [1.54, 1.807) is 14.2 Å². The Morgan fingerprint density at radius 1 is 1.17 bits per heavy atom. The predicted octanol–water partition coefficient (Wildman–Crippen LogP) is 2.17. The molecule has 1 heterocycles. The highest BCUT2D eigenvalue weighted by atomic mass is 16.5. The van der Waals surface area contributed by atoms with Gasteiger partial charge in [-0.1, -0.05) is 26.8 Å². The number of hydrogen-bond donors (Lipinski definition) is 1. The van der Waals surface area contributed by atoms with Crippen LogP contribution < -0.4 is 14.8 Å². The maximum Gasteiger partial charge on any atom is 0.240 e. The molecule has 1 aromatic rings. The second kappa shape index (κ2) is 7.69. The summed E-state index contributed by atoms with van der Waals surface area (Å²) in [5.41, 5.74) is 0.0213. The quantitative estimate of drug-likeness (QED) is 0.707. The smallest absolute Gasteiger partial charge is 0.240 e. The fourth-order valence-electron chi connectivity index (χ4n) is 4.63. The molecule has 158 valence electrons. The molecule has 2 bridgehead atoms. The van der Waals surface area contributed by atoms with E-state index in [4.69, 9.17) is 9.47 Å². The number of ether oxygens (including phenoxy) is 2. The third kappa shape index (κ3) is 3.47. The van der Waals surface area contributed by atoms with Crippen molar-refractivity contribution in [1.82, 2.24) is 10.2 Å². The average molecular weight is 402 g/mol. The molecule has 2 atom stereocenters. The molecule has 1 saturated carbocycles. The van der Waals surface area contributed by atoms with E-state index in [1.807, 2.05) is 39.0 Å². The van der Waals surface area contributed by atoms with Crippen molar-refractivity contribution in [1.29, 1.82) is 0 Å². The van der Waals surface area contributed by atoms with Crippen molar-refractivity contribution in [2.75, 3.05) is 27.3 Å². The van der Waals surface area contributed by atoms with E-state index in [1.165, 1.54) is 0 Å². The molecule has 3 amide bonds. The summed E-state index contributed by atoms with van der Waals surface area (Å²) in [6.45, 7) is 6.08. The van der Waals surface area contributed by atoms with Crippen molar-refractivity contribution >= 4 is 17.7 Å². The molecule has 1 aliphatic heterocycles. The maximum atomic E-state index is 13.0. The number of likely N-dealkylation sites (tertiary alicyclic amines) is 1. The standard InChI is InChI=1S/C22H30N2O5/c1-21(2)15-8-10-22(21,3)20(27)24(19(15)26)13-18(25)23-11-9-14-6-7-16(28-4)17(12-14)29-5/h6-7,12,15H,8-11,13H2,1-5H3,(H,23,25). The molecule has 1 aromatic carbocycles. The lowest BCUT2D eigenvalue weighted by atomic mass is 9.62. The second-order valence-corrected chi connectivity index (χ2v) is 8.66. The van der Waals surface area contributed by atoms with Crippen LogP contribution in [-0.2, 0) is 20.8 Å². The first-order valence-corrected chi connectivity index (χ1v) is 9.99. The van der Waals surface area contributed by atoms with E-state index in [2.05, 4.69) is 5.32 Å². The normalized spacial score (nSPS) is 25.1. The lowest BCUT2D eigenvalue weighted by Crippen LogP contribution is -2.60. The van der Waals surface area contributed by atoms with E-state index in [0.717, 1.165) is 10.5 Å². The average Bonchev–Trinajstić information content (AvgIpc) is 2.89. The van der Waals surface area contributed by atoms with Crippen molar-refractivity contribution in [2.45, 2.75) is 40.0 Å². The number of methoxy groups -OCH3 is 2. The zero-order valence-corrected chi connectivity index (χ0v) is 17.8. The molecule has 0 radical (unpaired) electrons. The fourth-order valence-corrected chi connectivity index (χ4v) is 4.63. The van der Waals surface area contributed by atoms with Gasteiger partial charge in [0.05, 0.1) is 19.6 Å². The molecule has 2 unspecified atom stereocenters. The summed E-state index contributed by atoms with van der Waals surface area (Å²) in [5, 5.41) is 2.81. The third-order valence-corrected chi connectivity index (χ3v) is 6.99. The van der Waals surface area contributed by atoms with Crippen molar-refractivity contribution in [3.8, 4) is 11.5 Å². The molecule has 7 heteroatoms. The zero-order chi connectivity index (χ0) is 21.4. The number of carbonyl (C=O) groups is 3. The van der Waals surface area contributed by atoms with Crippen LogP contribution in [0.5, 0.6) is 11.5 Å². The number of rotatable bonds is 7. The molecule has 2 aliphatic rings. The molecule has 3 rings (SSSR count). The number of imide groups is 1. The highest BCUT2D eigenvalue weighted by Gasteiger charge is 2.64. The maximum absolute atomic E-state index is 13.0. The van der Waals surface area contributed by atoms with Crippen molar-refractivity contribution in [2.24, 2.45) is 16.7 Å². The van der Waals surface area contributed by atoms with Crippen LogP contribution in [-0.4, -0.2) is 49.9 Å². The van der Waals surface area contributed by atoms with Gasteiger partial charge in [-0.2, -0.15) is 0 Å². The fraction of sp³-hybridized carbons (Fsp3) is 0.591. The number of amides is 3. The topological polar surface area (TPSA) is 84.9 Å². The van der Waals surface area contributed by atoms with Crippen LogP contribution in [0.25, 0.3) is 0 Å². The first-order valence-electron chi connectivity index (χ1n) is 9.99. The number of benzene rings is 1. The highest BCUT2D eigenvalue weighted by Crippen LogP contribution is 2.59. The van der Waals surface area contributed by atoms with Crippen molar-refractivity contribution in [3.63, 3.8) is 0 Å². The Balaban J connectivity index is 1.58. The molecule has 1 aliphatic carbocycles. The van der Waals surface area contributed by atoms with E-state index < -0.39 is 5.41 Å². The monoisotopic (exact) mass is 402 g/mol. The molecule has 1 N–H and O–H groups in total. The van der Waals surface area contributed by atoms with Gasteiger partial charge in [-0.3, -0.25) is 19.3 Å². The molecule has 29 heavy (non-hydrogen) atoms. The highest BCUT2D eigenvalue weighted by molar-refractivity contribution is 6.06. The van der Waals surface area contributed by atoms with Gasteiger partial charge in [0, 0.05) is 12.5 Å². The van der Waals surface area contributed by atoms with Crippen LogP contribution in [0.3, 0.4) is 0 Å². The van der Waals surface area contributed by atoms with Crippen LogP contribution in [0, 0.1) is 16.7 Å². The van der Waals surface area contributed by atoms with Gasteiger partial charge in [0.1, 0.15) is 6.54 Å². The van der Waals surface area contributed by atoms with Gasteiger partial charge in [-0.05, 0) is 42.4 Å². The number of carbonyl (C=O) groups excluding carboxylic acids is 3. The van der Waals surface area contributed by atoms with Crippen LogP contribution in [0.15, 0.2) is 18.2 Å². The van der Waals surface area contributed by atoms with E-state index in [0.29, 0.717) is 37.3 Å². The first kappa shape index (κ1) is 21.1. The van der Waals surface area contributed by atoms with Crippen LogP contribution in [0.2, 0.25) is 0 Å².